The maximum absolute atomic E-state index is 13.0. The Morgan fingerprint density at radius 3 is 2.61 bits per heavy atom. The van der Waals surface area contributed by atoms with Crippen LogP contribution in [0.25, 0.3) is 0 Å². The number of likely N-dealkylation sites (N-methyl/N-ethyl adjacent to an activating group) is 1. The van der Waals surface area contributed by atoms with Crippen LogP contribution in [0.5, 0.6) is 5.75 Å². The molecule has 2 aliphatic rings. The van der Waals surface area contributed by atoms with Crippen molar-refractivity contribution in [1.29, 1.82) is 0 Å². The molecule has 166 valence electrons. The van der Waals surface area contributed by atoms with Gasteiger partial charge in [0.2, 0.25) is 0 Å². The number of carbonyl (C=O) groups is 1. The quantitative estimate of drug-likeness (QED) is 0.692. The fourth-order valence-corrected chi connectivity index (χ4v) is 4.05. The number of hydrogen-bond acceptors (Lipinski definition) is 4. The van der Waals surface area contributed by atoms with Gasteiger partial charge in [0.15, 0.2) is 0 Å². The summed E-state index contributed by atoms with van der Waals surface area (Å²) in [5, 5.41) is 3.55. The average molecular weight is 422 g/mol. The van der Waals surface area contributed by atoms with Gasteiger partial charge in [-0.15, -0.1) is 0 Å². The number of carbonyl (C=O) groups excluding carboxylic acids is 1. The minimum atomic E-state index is -0.0291. The summed E-state index contributed by atoms with van der Waals surface area (Å²) in [4.78, 5) is 19.2. The minimum Gasteiger partial charge on any atom is -0.492 e. The summed E-state index contributed by atoms with van der Waals surface area (Å²) in [7, 11) is 1.89. The third-order valence-corrected chi connectivity index (χ3v) is 6.17. The van der Waals surface area contributed by atoms with Crippen LogP contribution in [-0.4, -0.2) is 42.0 Å². The third kappa shape index (κ3) is 5.85. The first-order valence-corrected chi connectivity index (χ1v) is 11.5. The second-order valence-corrected chi connectivity index (χ2v) is 10.4. The molecule has 1 N–H and O–H groups in total. The fraction of sp³-hybridized carbons (Fsp3) is 0.538. The van der Waals surface area contributed by atoms with Crippen molar-refractivity contribution in [3.8, 4) is 5.75 Å². The number of amides is 1. The Labute approximate surface area is 186 Å². The monoisotopic (exact) mass is 421 g/mol. The van der Waals surface area contributed by atoms with Gasteiger partial charge in [-0.05, 0) is 65.8 Å². The molecule has 1 saturated carbocycles. The van der Waals surface area contributed by atoms with E-state index in [9.17, 15) is 4.79 Å². The lowest BCUT2D eigenvalue weighted by atomic mass is 9.97. The highest BCUT2D eigenvalue weighted by molar-refractivity contribution is 5.92. The minimum absolute atomic E-state index is 0.0291. The number of ether oxygens (including phenoxy) is 1. The summed E-state index contributed by atoms with van der Waals surface area (Å²) < 4.78 is 5.73. The predicted molar refractivity (Wildman–Crippen MR) is 123 cm³/mol. The summed E-state index contributed by atoms with van der Waals surface area (Å²) in [5.74, 6) is 1.41. The van der Waals surface area contributed by atoms with E-state index in [1.54, 1.807) is 12.3 Å². The Hall–Kier alpha value is -2.40. The van der Waals surface area contributed by atoms with E-state index in [-0.39, 0.29) is 17.4 Å². The molecular weight excluding hydrogens is 386 g/mol. The van der Waals surface area contributed by atoms with Crippen molar-refractivity contribution in [2.45, 2.75) is 59.0 Å². The van der Waals surface area contributed by atoms with Gasteiger partial charge in [-0.3, -0.25) is 4.79 Å². The van der Waals surface area contributed by atoms with Crippen LogP contribution in [0.15, 0.2) is 36.5 Å². The molecule has 1 fully saturated rings. The molecule has 1 atom stereocenters. The molecule has 1 aromatic heterocycles. The van der Waals surface area contributed by atoms with Gasteiger partial charge < -0.3 is 15.0 Å². The zero-order chi connectivity index (χ0) is 22.0. The van der Waals surface area contributed by atoms with Gasteiger partial charge in [0.25, 0.3) is 5.91 Å². The fourth-order valence-electron chi connectivity index (χ4n) is 4.05. The largest absolute Gasteiger partial charge is 0.492 e. The molecule has 31 heavy (non-hydrogen) atoms. The van der Waals surface area contributed by atoms with Gasteiger partial charge in [-0.1, -0.05) is 39.0 Å². The van der Waals surface area contributed by atoms with E-state index in [0.717, 1.165) is 38.3 Å². The van der Waals surface area contributed by atoms with Crippen molar-refractivity contribution in [2.75, 3.05) is 20.2 Å². The second kappa shape index (κ2) is 8.99. The van der Waals surface area contributed by atoms with Crippen molar-refractivity contribution < 1.29 is 9.53 Å². The van der Waals surface area contributed by atoms with Gasteiger partial charge >= 0.3 is 0 Å². The van der Waals surface area contributed by atoms with Crippen molar-refractivity contribution in [1.82, 2.24) is 15.2 Å². The molecule has 1 amide bonds. The van der Waals surface area contributed by atoms with Crippen LogP contribution in [0.4, 0.5) is 0 Å². The van der Waals surface area contributed by atoms with Crippen molar-refractivity contribution in [3.63, 3.8) is 0 Å². The highest BCUT2D eigenvalue weighted by Gasteiger charge is 2.29. The molecule has 5 nitrogen and oxygen atoms in total. The van der Waals surface area contributed by atoms with E-state index >= 15 is 0 Å². The highest BCUT2D eigenvalue weighted by atomic mass is 16.5. The van der Waals surface area contributed by atoms with E-state index in [1.165, 1.54) is 29.5 Å². The second-order valence-electron chi connectivity index (χ2n) is 10.4. The first-order chi connectivity index (χ1) is 14.8. The molecular formula is C26H35N3O2. The van der Waals surface area contributed by atoms with Crippen LogP contribution in [0, 0.1) is 11.3 Å². The average Bonchev–Trinajstić information content (AvgIpc) is 3.47. The molecule has 1 aromatic carbocycles. The lowest BCUT2D eigenvalue weighted by molar-refractivity contribution is 0.0731. The maximum Gasteiger partial charge on any atom is 0.272 e. The predicted octanol–water partition coefficient (Wildman–Crippen LogP) is 4.25. The van der Waals surface area contributed by atoms with Gasteiger partial charge in [0, 0.05) is 26.2 Å². The molecule has 2 aliphatic carbocycles. The lowest BCUT2D eigenvalue weighted by Gasteiger charge is -2.24. The Kier molecular flexibility index (Phi) is 6.33. The third-order valence-electron chi connectivity index (χ3n) is 6.17. The number of aromatic nitrogens is 1. The number of rotatable bonds is 8. The Morgan fingerprint density at radius 1 is 1.16 bits per heavy atom. The zero-order valence-corrected chi connectivity index (χ0v) is 19.3. The lowest BCUT2D eigenvalue weighted by Crippen LogP contribution is -2.38. The van der Waals surface area contributed by atoms with Gasteiger partial charge in [-0.25, -0.2) is 4.98 Å². The molecule has 4 rings (SSSR count). The number of fused-ring (bicyclic) bond motifs is 1. The molecule has 0 aliphatic heterocycles. The Bertz CT molecular complexity index is 913. The molecule has 0 radical (unpaired) electrons. The Balaban J connectivity index is 1.32. The first kappa shape index (κ1) is 21.8. The molecule has 0 saturated heterocycles. The van der Waals surface area contributed by atoms with Gasteiger partial charge in [0.05, 0.1) is 12.8 Å². The van der Waals surface area contributed by atoms with Crippen LogP contribution < -0.4 is 10.1 Å². The van der Waals surface area contributed by atoms with Crippen molar-refractivity contribution in [2.24, 2.45) is 11.3 Å². The molecule has 5 heteroatoms. The summed E-state index contributed by atoms with van der Waals surface area (Å²) in [5.41, 5.74) is 4.77. The molecule has 2 aromatic rings. The van der Waals surface area contributed by atoms with E-state index in [0.29, 0.717) is 11.6 Å². The summed E-state index contributed by atoms with van der Waals surface area (Å²) in [6.45, 7) is 9.34. The molecule has 0 spiro atoms. The molecule has 0 bridgehead atoms. The van der Waals surface area contributed by atoms with E-state index in [2.05, 4.69) is 49.3 Å². The number of nitrogens with zero attached hydrogens (tertiary/aromatic N) is 2. The summed E-state index contributed by atoms with van der Waals surface area (Å²) in [6, 6.07) is 10.5. The molecule has 1 heterocycles. The van der Waals surface area contributed by atoms with Crippen LogP contribution in [0.1, 0.15) is 60.8 Å². The van der Waals surface area contributed by atoms with E-state index in [1.807, 2.05) is 18.0 Å². The van der Waals surface area contributed by atoms with E-state index in [4.69, 9.17) is 4.74 Å². The van der Waals surface area contributed by atoms with Crippen LogP contribution >= 0.6 is 0 Å². The normalized spacial score (nSPS) is 18.0. The SMILES string of the molecule is CN(C(=O)c1ccc(OCC2CC2)cn1)[C@@H]1Cc2ccc(CNCC(C)(C)C)cc2C1. The van der Waals surface area contributed by atoms with Gasteiger partial charge in [-0.2, -0.15) is 0 Å². The summed E-state index contributed by atoms with van der Waals surface area (Å²) >= 11 is 0. The van der Waals surface area contributed by atoms with Crippen molar-refractivity contribution >= 4 is 5.91 Å². The highest BCUT2D eigenvalue weighted by Crippen LogP contribution is 2.30. The smallest absolute Gasteiger partial charge is 0.272 e. The number of nitrogens with one attached hydrogen (secondary N) is 1. The first-order valence-electron chi connectivity index (χ1n) is 11.5. The van der Waals surface area contributed by atoms with Crippen LogP contribution in [0.3, 0.4) is 0 Å². The van der Waals surface area contributed by atoms with Crippen LogP contribution in [0.2, 0.25) is 0 Å². The van der Waals surface area contributed by atoms with Crippen molar-refractivity contribution in [3.05, 3.63) is 58.9 Å². The topological polar surface area (TPSA) is 54.5 Å². The van der Waals surface area contributed by atoms with Crippen LogP contribution in [-0.2, 0) is 19.4 Å². The molecule has 0 unspecified atom stereocenters. The number of pyridine rings is 1. The Morgan fingerprint density at radius 2 is 1.94 bits per heavy atom. The number of benzene rings is 1. The maximum atomic E-state index is 13.0. The van der Waals surface area contributed by atoms with E-state index < -0.39 is 0 Å². The van der Waals surface area contributed by atoms with Gasteiger partial charge in [0.1, 0.15) is 11.4 Å². The zero-order valence-electron chi connectivity index (χ0n) is 19.3. The number of hydrogen-bond donors (Lipinski definition) is 1. The standard InChI is InChI=1S/C26H35N3O2/c1-26(2,3)17-27-14-19-7-8-20-12-22(13-21(20)11-19)29(4)25(30)24-10-9-23(15-28-24)31-16-18-5-6-18/h7-11,15,18,22,27H,5-6,12-14,16-17H2,1-4H3/t22-/m1/s1. The summed E-state index contributed by atoms with van der Waals surface area (Å²) in [6.07, 6.45) is 5.98.